The van der Waals surface area contributed by atoms with E-state index in [4.69, 9.17) is 11.6 Å². The van der Waals surface area contributed by atoms with E-state index in [1.54, 1.807) is 6.07 Å². The molecule has 1 aromatic heterocycles. The first-order chi connectivity index (χ1) is 8.65. The first-order valence-electron chi connectivity index (χ1n) is 5.83. The average Bonchev–Trinajstić information content (AvgIpc) is 2.38. The molecular weight excluding hydrogens is 250 g/mol. The highest BCUT2D eigenvalue weighted by molar-refractivity contribution is 6.35. The summed E-state index contributed by atoms with van der Waals surface area (Å²) < 4.78 is 4.64. The maximum Gasteiger partial charge on any atom is 0.356 e. The Hall–Kier alpha value is -1.61. The summed E-state index contributed by atoms with van der Waals surface area (Å²) in [6.45, 7) is 2.13. The number of carbonyl (C=O) groups excluding carboxylic acids is 1. The van der Waals surface area contributed by atoms with E-state index >= 15 is 0 Å². The largest absolute Gasteiger partial charge is 0.464 e. The number of fused-ring (bicyclic) bond motifs is 1. The molecule has 2 aromatic rings. The highest BCUT2D eigenvalue weighted by atomic mass is 35.5. The van der Waals surface area contributed by atoms with E-state index in [2.05, 4.69) is 16.6 Å². The molecule has 0 bridgehead atoms. The Labute approximate surface area is 111 Å². The van der Waals surface area contributed by atoms with Crippen LogP contribution in [0.15, 0.2) is 24.3 Å². The lowest BCUT2D eigenvalue weighted by Crippen LogP contribution is -2.04. The van der Waals surface area contributed by atoms with Crippen molar-refractivity contribution in [1.82, 2.24) is 4.98 Å². The molecule has 18 heavy (non-hydrogen) atoms. The van der Waals surface area contributed by atoms with Crippen molar-refractivity contribution >= 4 is 28.5 Å². The monoisotopic (exact) mass is 263 g/mol. The molecule has 1 aromatic carbocycles. The van der Waals surface area contributed by atoms with Gasteiger partial charge in [0.15, 0.2) is 5.69 Å². The number of aryl methyl sites for hydroxylation is 1. The Morgan fingerprint density at radius 1 is 1.39 bits per heavy atom. The van der Waals surface area contributed by atoms with Crippen LogP contribution in [-0.4, -0.2) is 18.1 Å². The lowest BCUT2D eigenvalue weighted by Gasteiger charge is -2.06. The fraction of sp³-hybridized carbons (Fsp3) is 0.286. The number of methoxy groups -OCH3 is 1. The number of ether oxygens (including phenoxy) is 1. The van der Waals surface area contributed by atoms with Crippen LogP contribution in [0.25, 0.3) is 10.9 Å². The second-order valence-corrected chi connectivity index (χ2v) is 4.49. The van der Waals surface area contributed by atoms with Gasteiger partial charge in [-0.15, -0.1) is 0 Å². The van der Waals surface area contributed by atoms with Crippen LogP contribution in [0, 0.1) is 0 Å². The summed E-state index contributed by atoms with van der Waals surface area (Å²) >= 11 is 6.19. The third kappa shape index (κ3) is 2.46. The molecule has 2 rings (SSSR count). The van der Waals surface area contributed by atoms with Crippen molar-refractivity contribution in [3.63, 3.8) is 0 Å². The number of rotatable bonds is 3. The Balaban J connectivity index is 2.55. The van der Waals surface area contributed by atoms with E-state index in [1.165, 1.54) is 12.7 Å². The highest BCUT2D eigenvalue weighted by Crippen LogP contribution is 2.25. The van der Waals surface area contributed by atoms with Crippen molar-refractivity contribution in [2.24, 2.45) is 0 Å². The van der Waals surface area contributed by atoms with Crippen molar-refractivity contribution in [2.45, 2.75) is 19.8 Å². The molecule has 0 saturated heterocycles. The molecule has 0 aliphatic heterocycles. The van der Waals surface area contributed by atoms with E-state index < -0.39 is 5.97 Å². The van der Waals surface area contributed by atoms with Gasteiger partial charge in [0.2, 0.25) is 0 Å². The number of hydrogen-bond donors (Lipinski definition) is 0. The van der Waals surface area contributed by atoms with E-state index in [9.17, 15) is 4.79 Å². The van der Waals surface area contributed by atoms with Crippen molar-refractivity contribution < 1.29 is 9.53 Å². The average molecular weight is 264 g/mol. The lowest BCUT2D eigenvalue weighted by atomic mass is 10.1. The summed E-state index contributed by atoms with van der Waals surface area (Å²) in [6, 6.07) is 7.47. The molecular formula is C14H14ClNO2. The summed E-state index contributed by atoms with van der Waals surface area (Å²) in [7, 11) is 1.33. The van der Waals surface area contributed by atoms with Gasteiger partial charge < -0.3 is 4.74 Å². The number of halogens is 1. The number of aromatic nitrogens is 1. The standard InChI is InChI=1S/C14H14ClNO2/c1-3-4-9-5-6-12-10(7-9)11(15)8-13(16-12)14(17)18-2/h5-8H,3-4H2,1-2H3. The maximum atomic E-state index is 11.4. The normalized spacial score (nSPS) is 10.6. The minimum atomic E-state index is -0.476. The molecule has 94 valence electrons. The Kier molecular flexibility index (Phi) is 3.82. The van der Waals surface area contributed by atoms with Gasteiger partial charge in [0.25, 0.3) is 0 Å². The van der Waals surface area contributed by atoms with E-state index in [1.807, 2.05) is 18.2 Å². The number of nitrogens with zero attached hydrogens (tertiary/aromatic N) is 1. The Bertz CT molecular complexity index is 596. The predicted octanol–water partition coefficient (Wildman–Crippen LogP) is 3.63. The molecule has 0 aliphatic carbocycles. The zero-order chi connectivity index (χ0) is 13.1. The van der Waals surface area contributed by atoms with Crippen LogP contribution in [0.2, 0.25) is 5.02 Å². The highest BCUT2D eigenvalue weighted by Gasteiger charge is 2.11. The maximum absolute atomic E-state index is 11.4. The smallest absolute Gasteiger partial charge is 0.356 e. The van der Waals surface area contributed by atoms with Gasteiger partial charge in [0.05, 0.1) is 17.6 Å². The lowest BCUT2D eigenvalue weighted by molar-refractivity contribution is 0.0594. The molecule has 0 fully saturated rings. The van der Waals surface area contributed by atoms with Crippen LogP contribution < -0.4 is 0 Å². The molecule has 3 nitrogen and oxygen atoms in total. The molecule has 0 spiro atoms. The van der Waals surface area contributed by atoms with Gasteiger partial charge in [-0.3, -0.25) is 0 Å². The van der Waals surface area contributed by atoms with Crippen molar-refractivity contribution in [1.29, 1.82) is 0 Å². The van der Waals surface area contributed by atoms with Crippen LogP contribution in [0.1, 0.15) is 29.4 Å². The van der Waals surface area contributed by atoms with Crippen LogP contribution >= 0.6 is 11.6 Å². The predicted molar refractivity (Wildman–Crippen MR) is 72.1 cm³/mol. The first kappa shape index (κ1) is 12.8. The number of carbonyl (C=O) groups is 1. The number of benzene rings is 1. The summed E-state index contributed by atoms with van der Waals surface area (Å²) in [4.78, 5) is 15.7. The van der Waals surface area contributed by atoms with Gasteiger partial charge in [0.1, 0.15) is 0 Å². The van der Waals surface area contributed by atoms with Gasteiger partial charge >= 0.3 is 5.97 Å². The SMILES string of the molecule is CCCc1ccc2nc(C(=O)OC)cc(Cl)c2c1. The quantitative estimate of drug-likeness (QED) is 0.794. The zero-order valence-corrected chi connectivity index (χ0v) is 11.1. The molecule has 4 heteroatoms. The summed E-state index contributed by atoms with van der Waals surface area (Å²) in [5.74, 6) is -0.476. The van der Waals surface area contributed by atoms with Crippen LogP contribution in [0.5, 0.6) is 0 Å². The van der Waals surface area contributed by atoms with Gasteiger partial charge in [-0.05, 0) is 30.2 Å². The Morgan fingerprint density at radius 2 is 2.17 bits per heavy atom. The van der Waals surface area contributed by atoms with Crippen molar-refractivity contribution in [2.75, 3.05) is 7.11 Å². The van der Waals surface area contributed by atoms with Crippen LogP contribution in [-0.2, 0) is 11.2 Å². The zero-order valence-electron chi connectivity index (χ0n) is 10.4. The number of hydrogen-bond acceptors (Lipinski definition) is 3. The fourth-order valence-corrected chi connectivity index (χ4v) is 2.14. The third-order valence-electron chi connectivity index (χ3n) is 2.76. The van der Waals surface area contributed by atoms with Crippen molar-refractivity contribution in [3.8, 4) is 0 Å². The van der Waals surface area contributed by atoms with Gasteiger partial charge in [0, 0.05) is 5.39 Å². The summed E-state index contributed by atoms with van der Waals surface area (Å²) in [5.41, 5.74) is 2.17. The third-order valence-corrected chi connectivity index (χ3v) is 3.07. The molecule has 0 unspecified atom stereocenters. The minimum Gasteiger partial charge on any atom is -0.464 e. The summed E-state index contributed by atoms with van der Waals surface area (Å²) in [5, 5.41) is 1.40. The van der Waals surface area contributed by atoms with Crippen molar-refractivity contribution in [3.05, 3.63) is 40.5 Å². The van der Waals surface area contributed by atoms with E-state index in [0.29, 0.717) is 10.5 Å². The molecule has 0 radical (unpaired) electrons. The fourth-order valence-electron chi connectivity index (χ4n) is 1.89. The molecule has 0 saturated carbocycles. The van der Waals surface area contributed by atoms with Gasteiger partial charge in [-0.2, -0.15) is 0 Å². The molecule has 0 amide bonds. The van der Waals surface area contributed by atoms with Gasteiger partial charge in [-0.1, -0.05) is 31.0 Å². The number of esters is 1. The molecule has 0 aliphatic rings. The van der Waals surface area contributed by atoms with Crippen LogP contribution in [0.4, 0.5) is 0 Å². The van der Waals surface area contributed by atoms with Crippen LogP contribution in [0.3, 0.4) is 0 Å². The number of pyridine rings is 1. The first-order valence-corrected chi connectivity index (χ1v) is 6.21. The summed E-state index contributed by atoms with van der Waals surface area (Å²) in [6.07, 6.45) is 2.09. The molecule has 1 heterocycles. The Morgan fingerprint density at radius 3 is 2.83 bits per heavy atom. The second-order valence-electron chi connectivity index (χ2n) is 4.08. The molecule has 0 N–H and O–H groups in total. The van der Waals surface area contributed by atoms with E-state index in [0.717, 1.165) is 18.2 Å². The second kappa shape index (κ2) is 5.36. The van der Waals surface area contributed by atoms with E-state index in [-0.39, 0.29) is 5.69 Å². The van der Waals surface area contributed by atoms with Gasteiger partial charge in [-0.25, -0.2) is 9.78 Å². The molecule has 0 atom stereocenters. The topological polar surface area (TPSA) is 39.2 Å². The minimum absolute atomic E-state index is 0.234.